The van der Waals surface area contributed by atoms with Crippen molar-refractivity contribution in [3.05, 3.63) is 84.6 Å². The molecule has 28 heavy (non-hydrogen) atoms. The third-order valence-electron chi connectivity index (χ3n) is 4.58. The molecule has 1 aromatic heterocycles. The summed E-state index contributed by atoms with van der Waals surface area (Å²) in [6.45, 7) is 0. The van der Waals surface area contributed by atoms with Gasteiger partial charge in [-0.3, -0.25) is 9.36 Å². The molecule has 7 heteroatoms. The second-order valence-corrected chi connectivity index (χ2v) is 8.16. The van der Waals surface area contributed by atoms with E-state index in [4.69, 9.17) is 0 Å². The zero-order chi connectivity index (χ0) is 19.7. The summed E-state index contributed by atoms with van der Waals surface area (Å²) in [4.78, 5) is 37.0. The van der Waals surface area contributed by atoms with Gasteiger partial charge in [0.2, 0.25) is 5.91 Å². The number of amides is 1. The molecule has 140 valence electrons. The minimum absolute atomic E-state index is 0.238. The molecule has 0 aliphatic carbocycles. The largest absolute Gasteiger partial charge is 0.342 e. The number of hydrogen-bond donors (Lipinski definition) is 3. The Morgan fingerprint density at radius 1 is 0.893 bits per heavy atom. The zero-order valence-electron chi connectivity index (χ0n) is 14.7. The standard InChI is InChI=1S/C21H17N2O4P/c24-21(23-19-12-15-7-1-2-8-16(15)13-22-19)20(28(25,26)27)18-11-5-9-14-6-3-4-10-17(14)18/h1-13,20H,(H,22,23,24)(H2,25,26,27). The molecule has 4 aromatic rings. The van der Waals surface area contributed by atoms with E-state index < -0.39 is 19.2 Å². The van der Waals surface area contributed by atoms with Gasteiger partial charge in [0.25, 0.3) is 0 Å². The highest BCUT2D eigenvalue weighted by atomic mass is 31.2. The molecule has 1 atom stereocenters. The number of anilines is 1. The Labute approximate surface area is 161 Å². The molecule has 1 amide bonds. The van der Waals surface area contributed by atoms with Crippen LogP contribution in [0.15, 0.2) is 79.0 Å². The van der Waals surface area contributed by atoms with Crippen molar-refractivity contribution in [3.63, 3.8) is 0 Å². The SMILES string of the molecule is O=C(Nc1cc2ccccc2cn1)C(c1cccc2ccccc12)P(=O)(O)O. The fraction of sp³-hybridized carbons (Fsp3) is 0.0476. The van der Waals surface area contributed by atoms with E-state index in [0.717, 1.165) is 16.2 Å². The molecule has 0 bridgehead atoms. The first kappa shape index (κ1) is 18.3. The molecule has 0 fully saturated rings. The summed E-state index contributed by atoms with van der Waals surface area (Å²) in [5.41, 5.74) is -1.35. The van der Waals surface area contributed by atoms with E-state index in [1.165, 1.54) is 0 Å². The summed E-state index contributed by atoms with van der Waals surface area (Å²) in [6, 6.07) is 21.4. The third-order valence-corrected chi connectivity index (χ3v) is 5.77. The van der Waals surface area contributed by atoms with Crippen LogP contribution in [0.3, 0.4) is 0 Å². The van der Waals surface area contributed by atoms with Gasteiger partial charge < -0.3 is 15.1 Å². The van der Waals surface area contributed by atoms with E-state index in [2.05, 4.69) is 10.3 Å². The molecule has 3 N–H and O–H groups in total. The van der Waals surface area contributed by atoms with Crippen molar-refractivity contribution in [1.82, 2.24) is 4.98 Å². The van der Waals surface area contributed by atoms with Crippen molar-refractivity contribution in [3.8, 4) is 0 Å². The lowest BCUT2D eigenvalue weighted by Gasteiger charge is -2.20. The maximum Gasteiger partial charge on any atom is 0.342 e. The van der Waals surface area contributed by atoms with Crippen molar-refractivity contribution in [2.24, 2.45) is 0 Å². The number of carbonyl (C=O) groups excluding carboxylic acids is 1. The molecule has 0 radical (unpaired) electrons. The Bertz CT molecular complexity index is 1230. The van der Waals surface area contributed by atoms with E-state index in [9.17, 15) is 19.1 Å². The number of nitrogens with one attached hydrogen (secondary N) is 1. The van der Waals surface area contributed by atoms with E-state index in [0.29, 0.717) is 5.39 Å². The summed E-state index contributed by atoms with van der Waals surface area (Å²) in [5.74, 6) is -0.560. The summed E-state index contributed by atoms with van der Waals surface area (Å²) >= 11 is 0. The number of aromatic nitrogens is 1. The molecule has 1 heterocycles. The zero-order valence-corrected chi connectivity index (χ0v) is 15.6. The molecule has 4 rings (SSSR count). The van der Waals surface area contributed by atoms with Gasteiger partial charge in [0.05, 0.1) is 0 Å². The minimum Gasteiger partial charge on any atom is -0.324 e. The van der Waals surface area contributed by atoms with Crippen molar-refractivity contribution in [2.75, 3.05) is 5.32 Å². The van der Waals surface area contributed by atoms with Gasteiger partial charge in [-0.25, -0.2) is 4.98 Å². The number of hydrogen-bond acceptors (Lipinski definition) is 3. The van der Waals surface area contributed by atoms with Crippen LogP contribution >= 0.6 is 7.60 Å². The maximum atomic E-state index is 12.9. The lowest BCUT2D eigenvalue weighted by molar-refractivity contribution is -0.116. The number of benzene rings is 3. The van der Waals surface area contributed by atoms with E-state index in [-0.39, 0.29) is 11.4 Å². The van der Waals surface area contributed by atoms with Gasteiger partial charge >= 0.3 is 7.60 Å². The third kappa shape index (κ3) is 3.53. The molecule has 0 saturated carbocycles. The summed E-state index contributed by atoms with van der Waals surface area (Å²) in [6.07, 6.45) is 1.61. The molecule has 1 unspecified atom stereocenters. The Kier molecular flexibility index (Phi) is 4.69. The molecular weight excluding hydrogens is 375 g/mol. The maximum absolute atomic E-state index is 12.9. The summed E-state index contributed by atoms with van der Waals surface area (Å²) in [7, 11) is -4.78. The van der Waals surface area contributed by atoms with Gasteiger partial charge in [0, 0.05) is 11.6 Å². The molecule has 0 spiro atoms. The Hall–Kier alpha value is -3.05. The fourth-order valence-corrected chi connectivity index (χ4v) is 4.27. The molecule has 0 aliphatic rings. The van der Waals surface area contributed by atoms with Gasteiger partial charge in [0.15, 0.2) is 5.66 Å². The fourth-order valence-electron chi connectivity index (χ4n) is 3.31. The van der Waals surface area contributed by atoms with Crippen LogP contribution < -0.4 is 5.32 Å². The van der Waals surface area contributed by atoms with Crippen LogP contribution in [0.5, 0.6) is 0 Å². The number of nitrogens with zero attached hydrogens (tertiary/aromatic N) is 1. The second kappa shape index (κ2) is 7.17. The Balaban J connectivity index is 1.75. The van der Waals surface area contributed by atoms with Crippen molar-refractivity contribution >= 4 is 40.9 Å². The number of carbonyl (C=O) groups is 1. The molecule has 3 aromatic carbocycles. The van der Waals surface area contributed by atoms with Gasteiger partial charge in [-0.05, 0) is 27.8 Å². The molecule has 0 saturated heterocycles. The van der Waals surface area contributed by atoms with Gasteiger partial charge in [-0.2, -0.15) is 0 Å². The Morgan fingerprint density at radius 2 is 1.54 bits per heavy atom. The average molecular weight is 392 g/mol. The lowest BCUT2D eigenvalue weighted by Crippen LogP contribution is -2.22. The highest BCUT2D eigenvalue weighted by Crippen LogP contribution is 2.53. The van der Waals surface area contributed by atoms with Gasteiger partial charge in [-0.1, -0.05) is 66.7 Å². The van der Waals surface area contributed by atoms with Crippen LogP contribution in [0, 0.1) is 0 Å². The number of fused-ring (bicyclic) bond motifs is 2. The van der Waals surface area contributed by atoms with Crippen molar-refractivity contribution in [1.29, 1.82) is 0 Å². The first-order valence-electron chi connectivity index (χ1n) is 8.62. The normalized spacial score (nSPS) is 12.8. The Morgan fingerprint density at radius 3 is 2.29 bits per heavy atom. The van der Waals surface area contributed by atoms with Crippen LogP contribution in [0.1, 0.15) is 11.2 Å². The highest BCUT2D eigenvalue weighted by molar-refractivity contribution is 7.53. The summed E-state index contributed by atoms with van der Waals surface area (Å²) < 4.78 is 12.2. The van der Waals surface area contributed by atoms with Crippen LogP contribution in [-0.2, 0) is 9.36 Å². The van der Waals surface area contributed by atoms with Crippen LogP contribution in [0.25, 0.3) is 21.5 Å². The monoisotopic (exact) mass is 392 g/mol. The topological polar surface area (TPSA) is 99.5 Å². The first-order chi connectivity index (χ1) is 13.4. The van der Waals surface area contributed by atoms with Crippen molar-refractivity contribution in [2.45, 2.75) is 5.66 Å². The second-order valence-electron chi connectivity index (χ2n) is 6.47. The van der Waals surface area contributed by atoms with Crippen LogP contribution in [-0.4, -0.2) is 20.7 Å². The van der Waals surface area contributed by atoms with E-state index >= 15 is 0 Å². The van der Waals surface area contributed by atoms with Crippen molar-refractivity contribution < 1.29 is 19.1 Å². The molecule has 0 aliphatic heterocycles. The predicted molar refractivity (Wildman–Crippen MR) is 109 cm³/mol. The van der Waals surface area contributed by atoms with Gasteiger partial charge in [0.1, 0.15) is 5.82 Å². The number of pyridine rings is 1. The van der Waals surface area contributed by atoms with E-state index in [1.54, 1.807) is 36.5 Å². The molecule has 6 nitrogen and oxygen atoms in total. The lowest BCUT2D eigenvalue weighted by atomic mass is 10.0. The average Bonchev–Trinajstić information content (AvgIpc) is 2.67. The van der Waals surface area contributed by atoms with Crippen LogP contribution in [0.4, 0.5) is 5.82 Å². The molecular formula is C21H17N2O4P. The van der Waals surface area contributed by atoms with Crippen LogP contribution in [0.2, 0.25) is 0 Å². The van der Waals surface area contributed by atoms with E-state index in [1.807, 2.05) is 42.5 Å². The predicted octanol–water partition coefficient (Wildman–Crippen LogP) is 4.25. The van der Waals surface area contributed by atoms with Gasteiger partial charge in [-0.15, -0.1) is 0 Å². The smallest absolute Gasteiger partial charge is 0.324 e. The quantitative estimate of drug-likeness (QED) is 0.451. The summed E-state index contributed by atoms with van der Waals surface area (Å²) in [5, 5.41) is 5.76. The minimum atomic E-state index is -4.78. The number of rotatable bonds is 4. The highest BCUT2D eigenvalue weighted by Gasteiger charge is 2.38. The first-order valence-corrected chi connectivity index (χ1v) is 10.3.